The lowest BCUT2D eigenvalue weighted by atomic mass is 9.81. The molecule has 2 aromatic rings. The number of allylic oxidation sites excluding steroid dienone is 2. The maximum atomic E-state index is 10.6. The zero-order chi connectivity index (χ0) is 19.6. The van der Waals surface area contributed by atoms with Crippen molar-refractivity contribution in [2.24, 2.45) is 5.92 Å². The van der Waals surface area contributed by atoms with Gasteiger partial charge in [-0.15, -0.1) is 0 Å². The Hall–Kier alpha value is -2.60. The van der Waals surface area contributed by atoms with E-state index < -0.39 is 0 Å². The van der Waals surface area contributed by atoms with Gasteiger partial charge in [0, 0.05) is 43.8 Å². The first-order valence-electron chi connectivity index (χ1n) is 10.9. The first-order valence-corrected chi connectivity index (χ1v) is 10.9. The number of hydrogen-bond acceptors (Lipinski definition) is 6. The lowest BCUT2D eigenvalue weighted by molar-refractivity contribution is 0.306. The highest BCUT2D eigenvalue weighted by Gasteiger charge is 2.34. The Morgan fingerprint density at radius 3 is 2.59 bits per heavy atom. The Labute approximate surface area is 172 Å². The Kier molecular flexibility index (Phi) is 5.10. The molecule has 3 N–H and O–H groups in total. The van der Waals surface area contributed by atoms with Crippen molar-refractivity contribution in [3.8, 4) is 0 Å². The molecule has 0 amide bonds. The van der Waals surface area contributed by atoms with Crippen LogP contribution in [-0.4, -0.2) is 41.3 Å². The maximum absolute atomic E-state index is 10.6. The summed E-state index contributed by atoms with van der Waals surface area (Å²) in [4.78, 5) is 11.8. The Balaban J connectivity index is 1.35. The second-order valence-corrected chi connectivity index (χ2v) is 8.37. The highest BCUT2D eigenvalue weighted by atomic mass is 16.3. The molecular formula is C23H29N5O. The fraction of sp³-hybridized carbons (Fsp3) is 0.478. The first kappa shape index (κ1) is 18.4. The van der Waals surface area contributed by atoms with Gasteiger partial charge in [-0.3, -0.25) is 0 Å². The van der Waals surface area contributed by atoms with Gasteiger partial charge in [0.15, 0.2) is 0 Å². The van der Waals surface area contributed by atoms with Crippen molar-refractivity contribution in [1.82, 2.24) is 15.3 Å². The molecule has 1 atom stereocenters. The number of aromatic nitrogens is 2. The summed E-state index contributed by atoms with van der Waals surface area (Å²) >= 11 is 0. The van der Waals surface area contributed by atoms with Crippen molar-refractivity contribution in [3.05, 3.63) is 53.6 Å². The molecule has 2 fully saturated rings. The van der Waals surface area contributed by atoms with Gasteiger partial charge in [0.25, 0.3) is 0 Å². The molecule has 0 bridgehead atoms. The molecule has 6 heteroatoms. The standard InChI is InChI=1S/C23H29N5O/c29-20-10-5-17-15-25-23(27-22(17)21(20)16-3-1-2-4-16)26-18-6-8-19(9-7-18)28-13-11-24-12-14-28/h6-10,15-16,21,24,29H,1-5,11-14H2,(H,25,26,27). The van der Waals surface area contributed by atoms with Crippen LogP contribution < -0.4 is 15.5 Å². The van der Waals surface area contributed by atoms with Gasteiger partial charge in [0.2, 0.25) is 5.95 Å². The lowest BCUT2D eigenvalue weighted by Crippen LogP contribution is -2.43. The van der Waals surface area contributed by atoms with Crippen LogP contribution in [0.5, 0.6) is 0 Å². The van der Waals surface area contributed by atoms with E-state index in [9.17, 15) is 5.11 Å². The van der Waals surface area contributed by atoms with Gasteiger partial charge in [-0.1, -0.05) is 12.8 Å². The number of nitrogens with one attached hydrogen (secondary N) is 2. The summed E-state index contributed by atoms with van der Waals surface area (Å²) in [6, 6.07) is 8.49. The summed E-state index contributed by atoms with van der Waals surface area (Å²) < 4.78 is 0. The minimum Gasteiger partial charge on any atom is -0.512 e. The third-order valence-corrected chi connectivity index (χ3v) is 6.52. The van der Waals surface area contributed by atoms with Gasteiger partial charge in [-0.05, 0) is 61.1 Å². The second-order valence-electron chi connectivity index (χ2n) is 8.37. The van der Waals surface area contributed by atoms with Crippen molar-refractivity contribution < 1.29 is 5.11 Å². The number of anilines is 3. The quantitative estimate of drug-likeness (QED) is 0.734. The SMILES string of the molecule is OC1=CCc2cnc(Nc3ccc(N4CCNCC4)cc3)nc2C1C1CCCC1. The van der Waals surface area contributed by atoms with Crippen LogP contribution in [0.1, 0.15) is 42.9 Å². The number of fused-ring (bicyclic) bond motifs is 1. The van der Waals surface area contributed by atoms with E-state index in [1.165, 1.54) is 31.4 Å². The molecule has 1 saturated carbocycles. The molecule has 2 aliphatic carbocycles. The van der Waals surface area contributed by atoms with Crippen molar-refractivity contribution in [2.45, 2.75) is 38.0 Å². The number of rotatable bonds is 4. The van der Waals surface area contributed by atoms with E-state index in [4.69, 9.17) is 4.98 Å². The molecule has 1 unspecified atom stereocenters. The third-order valence-electron chi connectivity index (χ3n) is 6.52. The van der Waals surface area contributed by atoms with Gasteiger partial charge in [0.1, 0.15) is 0 Å². The van der Waals surface area contributed by atoms with E-state index in [1.807, 2.05) is 12.3 Å². The first-order chi connectivity index (χ1) is 14.3. The molecule has 5 rings (SSSR count). The van der Waals surface area contributed by atoms with E-state index in [0.717, 1.165) is 43.1 Å². The maximum Gasteiger partial charge on any atom is 0.227 e. The average molecular weight is 392 g/mol. The summed E-state index contributed by atoms with van der Waals surface area (Å²) in [5.74, 6) is 1.62. The number of benzene rings is 1. The van der Waals surface area contributed by atoms with E-state index in [1.54, 1.807) is 0 Å². The zero-order valence-corrected chi connectivity index (χ0v) is 16.8. The molecule has 0 radical (unpaired) electrons. The number of aliphatic hydroxyl groups is 1. The monoisotopic (exact) mass is 391 g/mol. The van der Waals surface area contributed by atoms with Gasteiger partial charge >= 0.3 is 0 Å². The Morgan fingerprint density at radius 2 is 1.83 bits per heavy atom. The largest absolute Gasteiger partial charge is 0.512 e. The van der Waals surface area contributed by atoms with Crippen LogP contribution in [0.25, 0.3) is 0 Å². The summed E-state index contributed by atoms with van der Waals surface area (Å²) in [5.41, 5.74) is 4.38. The molecule has 2 heterocycles. The van der Waals surface area contributed by atoms with Crippen LogP contribution in [0.15, 0.2) is 42.3 Å². The molecule has 3 aliphatic rings. The van der Waals surface area contributed by atoms with Crippen LogP contribution in [0.3, 0.4) is 0 Å². The molecule has 1 aliphatic heterocycles. The van der Waals surface area contributed by atoms with E-state index in [0.29, 0.717) is 24.0 Å². The van der Waals surface area contributed by atoms with E-state index in [2.05, 4.69) is 44.8 Å². The number of aliphatic hydroxyl groups excluding tert-OH is 1. The van der Waals surface area contributed by atoms with Crippen molar-refractivity contribution in [2.75, 3.05) is 36.4 Å². The fourth-order valence-electron chi connectivity index (χ4n) is 4.95. The topological polar surface area (TPSA) is 73.3 Å². The number of nitrogens with zero attached hydrogens (tertiary/aromatic N) is 3. The predicted molar refractivity (Wildman–Crippen MR) is 116 cm³/mol. The van der Waals surface area contributed by atoms with E-state index >= 15 is 0 Å². The third kappa shape index (κ3) is 3.81. The number of piperazine rings is 1. The summed E-state index contributed by atoms with van der Waals surface area (Å²) in [6.07, 6.45) is 9.41. The van der Waals surface area contributed by atoms with Crippen LogP contribution in [0.2, 0.25) is 0 Å². The molecular weight excluding hydrogens is 362 g/mol. The molecule has 6 nitrogen and oxygen atoms in total. The summed E-state index contributed by atoms with van der Waals surface area (Å²) in [7, 11) is 0. The second kappa shape index (κ2) is 8.03. The van der Waals surface area contributed by atoms with Crippen molar-refractivity contribution >= 4 is 17.3 Å². The minimum atomic E-state index is 0.0277. The fourth-order valence-corrected chi connectivity index (χ4v) is 4.95. The molecule has 0 spiro atoms. The van der Waals surface area contributed by atoms with E-state index in [-0.39, 0.29) is 5.92 Å². The molecule has 1 aromatic heterocycles. The van der Waals surface area contributed by atoms with Crippen LogP contribution in [0, 0.1) is 5.92 Å². The van der Waals surface area contributed by atoms with Gasteiger partial charge in [-0.25, -0.2) is 9.97 Å². The van der Waals surface area contributed by atoms with Crippen molar-refractivity contribution in [3.63, 3.8) is 0 Å². The number of hydrogen-bond donors (Lipinski definition) is 3. The minimum absolute atomic E-state index is 0.0277. The van der Waals surface area contributed by atoms with Crippen LogP contribution in [-0.2, 0) is 6.42 Å². The lowest BCUT2D eigenvalue weighted by Gasteiger charge is -2.29. The molecule has 1 saturated heterocycles. The van der Waals surface area contributed by atoms with Gasteiger partial charge in [0.05, 0.1) is 17.4 Å². The highest BCUT2D eigenvalue weighted by molar-refractivity contribution is 5.59. The van der Waals surface area contributed by atoms with Crippen molar-refractivity contribution in [1.29, 1.82) is 0 Å². The summed E-state index contributed by atoms with van der Waals surface area (Å²) in [5, 5.41) is 17.3. The molecule has 29 heavy (non-hydrogen) atoms. The smallest absolute Gasteiger partial charge is 0.227 e. The normalized spacial score (nSPS) is 22.3. The van der Waals surface area contributed by atoms with Gasteiger partial charge < -0.3 is 20.6 Å². The molecule has 152 valence electrons. The highest BCUT2D eigenvalue weighted by Crippen LogP contribution is 2.43. The van der Waals surface area contributed by atoms with Gasteiger partial charge in [-0.2, -0.15) is 0 Å². The predicted octanol–water partition coefficient (Wildman–Crippen LogP) is 3.90. The van der Waals surface area contributed by atoms with Crippen LogP contribution >= 0.6 is 0 Å². The average Bonchev–Trinajstić information content (AvgIpc) is 3.29. The Bertz CT molecular complexity index is 883. The zero-order valence-electron chi connectivity index (χ0n) is 16.8. The Morgan fingerprint density at radius 1 is 1.07 bits per heavy atom. The molecule has 1 aromatic carbocycles. The summed E-state index contributed by atoms with van der Waals surface area (Å²) in [6.45, 7) is 4.15. The van der Waals surface area contributed by atoms with Crippen LogP contribution in [0.4, 0.5) is 17.3 Å².